The first kappa shape index (κ1) is 12.7. The third kappa shape index (κ3) is 2.55. The van der Waals surface area contributed by atoms with Gasteiger partial charge in [0.2, 0.25) is 0 Å². The largest absolute Gasteiger partial charge is 0.271 e. The zero-order chi connectivity index (χ0) is 13.1. The van der Waals surface area contributed by atoms with Crippen LogP contribution in [0.3, 0.4) is 0 Å². The maximum absolute atomic E-state index is 13.3. The molecule has 2 rings (SSSR count). The maximum atomic E-state index is 13.3. The van der Waals surface area contributed by atoms with Gasteiger partial charge in [-0.25, -0.2) is 9.82 Å². The van der Waals surface area contributed by atoms with E-state index < -0.39 is 0 Å². The minimum atomic E-state index is -0.305. The van der Waals surface area contributed by atoms with Gasteiger partial charge in [0.15, 0.2) is 0 Å². The van der Waals surface area contributed by atoms with Gasteiger partial charge in [-0.15, -0.1) is 0 Å². The zero-order valence-corrected chi connectivity index (χ0v) is 10.4. The van der Waals surface area contributed by atoms with Crippen molar-refractivity contribution in [2.24, 2.45) is 5.84 Å². The summed E-state index contributed by atoms with van der Waals surface area (Å²) in [5.41, 5.74) is 6.16. The highest BCUT2D eigenvalue weighted by Crippen LogP contribution is 2.23. The number of nitrogens with one attached hydrogen (secondary N) is 1. The molecule has 0 spiro atoms. The topological polar surface area (TPSA) is 50.9 Å². The molecule has 1 heterocycles. The van der Waals surface area contributed by atoms with Crippen LogP contribution in [0.1, 0.15) is 28.6 Å². The van der Waals surface area contributed by atoms with Crippen LogP contribution in [-0.2, 0) is 0 Å². The van der Waals surface area contributed by atoms with Crippen molar-refractivity contribution in [3.63, 3.8) is 0 Å². The molecule has 1 aromatic heterocycles. The van der Waals surface area contributed by atoms with E-state index in [1.54, 1.807) is 6.07 Å². The minimum Gasteiger partial charge on any atom is -0.271 e. The van der Waals surface area contributed by atoms with Gasteiger partial charge in [0, 0.05) is 5.69 Å². The smallest absolute Gasteiger partial charge is 0.123 e. The van der Waals surface area contributed by atoms with Crippen LogP contribution in [0.4, 0.5) is 4.39 Å². The lowest BCUT2D eigenvalue weighted by molar-refractivity contribution is 0.594. The first-order valence-electron chi connectivity index (χ1n) is 5.77. The summed E-state index contributed by atoms with van der Waals surface area (Å²) < 4.78 is 13.3. The van der Waals surface area contributed by atoms with Crippen LogP contribution in [0.25, 0.3) is 0 Å². The van der Waals surface area contributed by atoms with Gasteiger partial charge in [-0.3, -0.25) is 10.8 Å². The molecule has 94 valence electrons. The van der Waals surface area contributed by atoms with E-state index in [2.05, 4.69) is 10.4 Å². The van der Waals surface area contributed by atoms with E-state index in [1.165, 1.54) is 12.1 Å². The average molecular weight is 245 g/mol. The van der Waals surface area contributed by atoms with E-state index in [0.29, 0.717) is 0 Å². The van der Waals surface area contributed by atoms with Crippen LogP contribution in [0.5, 0.6) is 0 Å². The van der Waals surface area contributed by atoms with Crippen LogP contribution < -0.4 is 11.3 Å². The lowest BCUT2D eigenvalue weighted by atomic mass is 9.98. The summed E-state index contributed by atoms with van der Waals surface area (Å²) in [5.74, 6) is 5.32. The minimum absolute atomic E-state index is 0.275. The Bertz CT molecular complexity index is 554. The highest BCUT2D eigenvalue weighted by atomic mass is 19.1. The molecule has 0 aliphatic rings. The van der Waals surface area contributed by atoms with Crippen molar-refractivity contribution in [2.45, 2.75) is 19.9 Å². The van der Waals surface area contributed by atoms with Crippen molar-refractivity contribution in [1.29, 1.82) is 0 Å². The third-order valence-electron chi connectivity index (χ3n) is 2.92. The second-order valence-corrected chi connectivity index (χ2v) is 4.30. The predicted molar refractivity (Wildman–Crippen MR) is 69.3 cm³/mol. The number of aromatic nitrogens is 1. The monoisotopic (exact) mass is 245 g/mol. The van der Waals surface area contributed by atoms with Crippen LogP contribution >= 0.6 is 0 Å². The maximum Gasteiger partial charge on any atom is 0.123 e. The summed E-state index contributed by atoms with van der Waals surface area (Å²) in [5, 5.41) is 0. The number of halogens is 1. The molecule has 3 nitrogen and oxygen atoms in total. The number of nitrogens with zero attached hydrogens (tertiary/aromatic N) is 1. The number of hydrazine groups is 1. The Balaban J connectivity index is 2.48. The summed E-state index contributed by atoms with van der Waals surface area (Å²) in [6, 6.07) is 10.1. The number of rotatable bonds is 3. The summed E-state index contributed by atoms with van der Waals surface area (Å²) in [6.45, 7) is 3.84. The van der Waals surface area contributed by atoms with Gasteiger partial charge in [-0.1, -0.05) is 12.1 Å². The highest BCUT2D eigenvalue weighted by molar-refractivity contribution is 5.35. The number of nitrogens with two attached hydrogens (primary N) is 1. The number of aryl methyl sites for hydroxylation is 2. The van der Waals surface area contributed by atoms with Crippen molar-refractivity contribution in [1.82, 2.24) is 10.4 Å². The first-order chi connectivity index (χ1) is 8.61. The summed E-state index contributed by atoms with van der Waals surface area (Å²) in [4.78, 5) is 4.43. The fourth-order valence-electron chi connectivity index (χ4n) is 1.98. The highest BCUT2D eigenvalue weighted by Gasteiger charge is 2.16. The summed E-state index contributed by atoms with van der Waals surface area (Å²) >= 11 is 0. The van der Waals surface area contributed by atoms with Crippen molar-refractivity contribution < 1.29 is 4.39 Å². The molecule has 1 unspecified atom stereocenters. The molecule has 2 aromatic rings. The normalized spacial score (nSPS) is 12.4. The Hall–Kier alpha value is -1.78. The van der Waals surface area contributed by atoms with Crippen molar-refractivity contribution in [2.75, 3.05) is 0 Å². The third-order valence-corrected chi connectivity index (χ3v) is 2.92. The van der Waals surface area contributed by atoms with Gasteiger partial charge in [0.1, 0.15) is 5.82 Å². The number of hydrogen-bond acceptors (Lipinski definition) is 3. The van der Waals surface area contributed by atoms with Gasteiger partial charge in [-0.05, 0) is 49.2 Å². The Morgan fingerprint density at radius 3 is 2.67 bits per heavy atom. The molecule has 18 heavy (non-hydrogen) atoms. The molecule has 0 fully saturated rings. The van der Waals surface area contributed by atoms with Crippen LogP contribution in [-0.4, -0.2) is 4.98 Å². The van der Waals surface area contributed by atoms with E-state index in [9.17, 15) is 4.39 Å². The van der Waals surface area contributed by atoms with E-state index in [0.717, 1.165) is 22.5 Å². The van der Waals surface area contributed by atoms with E-state index in [1.807, 2.05) is 32.0 Å². The fourth-order valence-corrected chi connectivity index (χ4v) is 1.98. The molecule has 0 aliphatic carbocycles. The van der Waals surface area contributed by atoms with Crippen LogP contribution in [0.2, 0.25) is 0 Å². The standard InChI is InChI=1S/C14H16FN3/c1-9-6-7-11(15)8-12(9)14(18-16)13-5-3-4-10(2)17-13/h3-8,14,18H,16H2,1-2H3. The molecule has 0 saturated heterocycles. The lowest BCUT2D eigenvalue weighted by Gasteiger charge is -2.18. The van der Waals surface area contributed by atoms with Crippen LogP contribution in [0, 0.1) is 19.7 Å². The van der Waals surface area contributed by atoms with Gasteiger partial charge >= 0.3 is 0 Å². The fraction of sp³-hybridized carbons (Fsp3) is 0.214. The van der Waals surface area contributed by atoms with Crippen LogP contribution in [0.15, 0.2) is 36.4 Å². The molecule has 0 aliphatic heterocycles. The number of pyridine rings is 1. The molecule has 0 amide bonds. The SMILES string of the molecule is Cc1cccc(C(NN)c2cc(F)ccc2C)n1. The van der Waals surface area contributed by atoms with E-state index >= 15 is 0 Å². The molecular weight excluding hydrogens is 229 g/mol. The Labute approximate surface area is 106 Å². The molecule has 1 aromatic carbocycles. The van der Waals surface area contributed by atoms with Gasteiger partial charge in [0.05, 0.1) is 11.7 Å². The molecule has 4 heteroatoms. The quantitative estimate of drug-likeness (QED) is 0.645. The zero-order valence-electron chi connectivity index (χ0n) is 10.4. The van der Waals surface area contributed by atoms with Gasteiger partial charge < -0.3 is 0 Å². The van der Waals surface area contributed by atoms with Crippen molar-refractivity contribution in [3.05, 3.63) is 64.7 Å². The Morgan fingerprint density at radius 2 is 2.00 bits per heavy atom. The number of hydrogen-bond donors (Lipinski definition) is 2. The molecule has 1 atom stereocenters. The van der Waals surface area contributed by atoms with E-state index in [-0.39, 0.29) is 11.9 Å². The second-order valence-electron chi connectivity index (χ2n) is 4.30. The molecule has 0 bridgehead atoms. The predicted octanol–water partition coefficient (Wildman–Crippen LogP) is 2.39. The molecular formula is C14H16FN3. The Morgan fingerprint density at radius 1 is 1.22 bits per heavy atom. The first-order valence-corrected chi connectivity index (χ1v) is 5.77. The van der Waals surface area contributed by atoms with Crippen molar-refractivity contribution in [3.8, 4) is 0 Å². The van der Waals surface area contributed by atoms with Crippen molar-refractivity contribution >= 4 is 0 Å². The second kappa shape index (κ2) is 5.25. The molecule has 0 saturated carbocycles. The van der Waals surface area contributed by atoms with E-state index in [4.69, 9.17) is 5.84 Å². The average Bonchev–Trinajstić information content (AvgIpc) is 2.35. The molecule has 3 N–H and O–H groups in total. The summed E-state index contributed by atoms with van der Waals surface area (Å²) in [6.07, 6.45) is 0. The van der Waals surface area contributed by atoms with Gasteiger partial charge in [0.25, 0.3) is 0 Å². The lowest BCUT2D eigenvalue weighted by Crippen LogP contribution is -2.30. The Kier molecular flexibility index (Phi) is 3.69. The number of benzene rings is 1. The molecule has 0 radical (unpaired) electrons. The summed E-state index contributed by atoms with van der Waals surface area (Å²) in [7, 11) is 0. The van der Waals surface area contributed by atoms with Gasteiger partial charge in [-0.2, -0.15) is 0 Å².